The molecule has 0 saturated carbocycles. The second-order valence-corrected chi connectivity index (χ2v) is 4.59. The van der Waals surface area contributed by atoms with E-state index in [1.54, 1.807) is 24.5 Å². The zero-order valence-corrected chi connectivity index (χ0v) is 12.0. The summed E-state index contributed by atoms with van der Waals surface area (Å²) in [7, 11) is 0. The molecule has 116 valence electrons. The van der Waals surface area contributed by atoms with Crippen molar-refractivity contribution in [3.05, 3.63) is 53.3 Å². The van der Waals surface area contributed by atoms with Crippen molar-refractivity contribution in [1.82, 2.24) is 10.3 Å². The first kappa shape index (κ1) is 16.0. The van der Waals surface area contributed by atoms with Crippen LogP contribution in [0.15, 0.2) is 42.7 Å². The molecule has 1 aromatic heterocycles. The number of halogens is 3. The molecule has 2 N–H and O–H groups in total. The van der Waals surface area contributed by atoms with Gasteiger partial charge in [0.05, 0.1) is 5.02 Å². The topological polar surface area (TPSA) is 63.2 Å². The molecule has 0 aliphatic heterocycles. The predicted octanol–water partition coefficient (Wildman–Crippen LogP) is 3.66. The molecule has 8 heteroatoms. The average Bonchev–Trinajstić information content (AvgIpc) is 2.49. The highest BCUT2D eigenvalue weighted by Crippen LogP contribution is 2.29. The molecule has 2 amide bonds. The third kappa shape index (κ3) is 4.85. The summed E-state index contributed by atoms with van der Waals surface area (Å²) in [4.78, 5) is 15.6. The van der Waals surface area contributed by atoms with Crippen LogP contribution >= 0.6 is 11.6 Å². The molecule has 0 fully saturated rings. The number of urea groups is 1. The van der Waals surface area contributed by atoms with Crippen LogP contribution in [0, 0.1) is 0 Å². The summed E-state index contributed by atoms with van der Waals surface area (Å²) in [5, 5.41) is 5.16. The van der Waals surface area contributed by atoms with Gasteiger partial charge < -0.3 is 15.4 Å². The summed E-state index contributed by atoms with van der Waals surface area (Å²) in [6.07, 6.45) is 3.23. The number of hydrogen-bond acceptors (Lipinski definition) is 3. The minimum absolute atomic E-state index is 0.0306. The number of benzene rings is 1. The highest BCUT2D eigenvalue weighted by molar-refractivity contribution is 6.32. The van der Waals surface area contributed by atoms with E-state index in [0.29, 0.717) is 6.54 Å². The van der Waals surface area contributed by atoms with Crippen molar-refractivity contribution in [2.24, 2.45) is 0 Å². The molecule has 5 nitrogen and oxygen atoms in total. The molecule has 0 bridgehead atoms. The maximum atomic E-state index is 12.2. The Hall–Kier alpha value is -2.41. The summed E-state index contributed by atoms with van der Waals surface area (Å²) < 4.78 is 28.7. The quantitative estimate of drug-likeness (QED) is 0.881. The van der Waals surface area contributed by atoms with Crippen LogP contribution in [0.5, 0.6) is 5.75 Å². The first-order chi connectivity index (χ1) is 10.5. The van der Waals surface area contributed by atoms with Crippen molar-refractivity contribution in [2.45, 2.75) is 13.2 Å². The number of anilines is 1. The lowest BCUT2D eigenvalue weighted by Crippen LogP contribution is -2.28. The number of carbonyl (C=O) groups excluding carboxylic acids is 1. The van der Waals surface area contributed by atoms with Crippen LogP contribution in [0.3, 0.4) is 0 Å². The number of carbonyl (C=O) groups is 1. The third-order valence-electron chi connectivity index (χ3n) is 2.61. The van der Waals surface area contributed by atoms with E-state index in [0.717, 1.165) is 5.56 Å². The second kappa shape index (κ2) is 7.56. The molecule has 0 aliphatic carbocycles. The van der Waals surface area contributed by atoms with Crippen LogP contribution in [0.25, 0.3) is 0 Å². The van der Waals surface area contributed by atoms with Gasteiger partial charge in [0.15, 0.2) is 0 Å². The molecular weight excluding hydrogens is 316 g/mol. The normalized spacial score (nSPS) is 10.4. The van der Waals surface area contributed by atoms with Crippen molar-refractivity contribution in [3.63, 3.8) is 0 Å². The number of nitrogens with zero attached hydrogens (tertiary/aromatic N) is 1. The van der Waals surface area contributed by atoms with E-state index in [9.17, 15) is 13.6 Å². The van der Waals surface area contributed by atoms with Gasteiger partial charge in [-0.15, -0.1) is 0 Å². The van der Waals surface area contributed by atoms with Crippen LogP contribution in [0.1, 0.15) is 5.56 Å². The fraction of sp³-hybridized carbons (Fsp3) is 0.143. The van der Waals surface area contributed by atoms with Crippen LogP contribution in [-0.2, 0) is 6.54 Å². The Morgan fingerprint density at radius 2 is 2.00 bits per heavy atom. The fourth-order valence-corrected chi connectivity index (χ4v) is 1.79. The molecule has 1 aromatic carbocycles. The minimum atomic E-state index is -2.99. The molecule has 22 heavy (non-hydrogen) atoms. The number of aromatic nitrogens is 1. The number of rotatable bonds is 5. The van der Waals surface area contributed by atoms with Gasteiger partial charge in [0, 0.05) is 30.7 Å². The molecule has 0 spiro atoms. The highest BCUT2D eigenvalue weighted by Gasteiger charge is 2.10. The standard InChI is InChI=1S/C14H12ClF2N3O2/c15-11-2-1-10(7-12(11)22-13(16)17)20-14(21)19-8-9-3-5-18-6-4-9/h1-7,13H,8H2,(H2,19,20,21). The van der Waals surface area contributed by atoms with E-state index < -0.39 is 12.6 Å². The summed E-state index contributed by atoms with van der Waals surface area (Å²) in [5.41, 5.74) is 1.16. The van der Waals surface area contributed by atoms with Gasteiger partial charge >= 0.3 is 12.6 Å². The van der Waals surface area contributed by atoms with Crippen molar-refractivity contribution in [3.8, 4) is 5.75 Å². The fourth-order valence-electron chi connectivity index (χ4n) is 1.63. The lowest BCUT2D eigenvalue weighted by molar-refractivity contribution is -0.0497. The Morgan fingerprint density at radius 1 is 1.27 bits per heavy atom. The van der Waals surface area contributed by atoms with E-state index in [2.05, 4.69) is 20.4 Å². The van der Waals surface area contributed by atoms with Crippen molar-refractivity contribution >= 4 is 23.3 Å². The van der Waals surface area contributed by atoms with Gasteiger partial charge in [-0.25, -0.2) is 4.79 Å². The zero-order chi connectivity index (χ0) is 15.9. The molecule has 0 saturated heterocycles. The molecule has 2 aromatic rings. The minimum Gasteiger partial charge on any atom is -0.433 e. The number of nitrogens with one attached hydrogen (secondary N) is 2. The summed E-state index contributed by atoms with van der Waals surface area (Å²) in [5.74, 6) is -0.205. The molecule has 0 radical (unpaired) electrons. The van der Waals surface area contributed by atoms with E-state index >= 15 is 0 Å². The maximum Gasteiger partial charge on any atom is 0.387 e. The third-order valence-corrected chi connectivity index (χ3v) is 2.92. The van der Waals surface area contributed by atoms with E-state index in [1.807, 2.05) is 0 Å². The Balaban J connectivity index is 1.93. The maximum absolute atomic E-state index is 12.2. The number of alkyl halides is 2. The van der Waals surface area contributed by atoms with Crippen molar-refractivity contribution < 1.29 is 18.3 Å². The lowest BCUT2D eigenvalue weighted by atomic mass is 10.3. The van der Waals surface area contributed by atoms with Crippen molar-refractivity contribution in [1.29, 1.82) is 0 Å². The molecular formula is C14H12ClF2N3O2. The van der Waals surface area contributed by atoms with Crippen LogP contribution in [-0.4, -0.2) is 17.6 Å². The van der Waals surface area contributed by atoms with Gasteiger partial charge in [-0.1, -0.05) is 11.6 Å². The largest absolute Gasteiger partial charge is 0.433 e. The van der Waals surface area contributed by atoms with Crippen LogP contribution in [0.4, 0.5) is 19.3 Å². The van der Waals surface area contributed by atoms with Gasteiger partial charge in [-0.05, 0) is 29.8 Å². The SMILES string of the molecule is O=C(NCc1ccncc1)Nc1ccc(Cl)c(OC(F)F)c1. The summed E-state index contributed by atoms with van der Waals surface area (Å²) in [6, 6.07) is 7.10. The van der Waals surface area contributed by atoms with E-state index in [4.69, 9.17) is 11.6 Å². The first-order valence-corrected chi connectivity index (χ1v) is 6.60. The number of pyridine rings is 1. The average molecular weight is 328 g/mol. The number of amides is 2. The Morgan fingerprint density at radius 3 is 2.68 bits per heavy atom. The summed E-state index contributed by atoms with van der Waals surface area (Å²) in [6.45, 7) is -2.68. The Labute approximate surface area is 130 Å². The predicted molar refractivity (Wildman–Crippen MR) is 78.2 cm³/mol. The van der Waals surface area contributed by atoms with Gasteiger partial charge in [0.1, 0.15) is 5.75 Å². The number of hydrogen-bond donors (Lipinski definition) is 2. The van der Waals surface area contributed by atoms with E-state index in [-0.39, 0.29) is 16.5 Å². The van der Waals surface area contributed by atoms with E-state index in [1.165, 1.54) is 18.2 Å². The molecule has 0 aliphatic rings. The second-order valence-electron chi connectivity index (χ2n) is 4.19. The van der Waals surface area contributed by atoms with Gasteiger partial charge in [-0.2, -0.15) is 8.78 Å². The molecule has 0 atom stereocenters. The first-order valence-electron chi connectivity index (χ1n) is 6.22. The molecule has 0 unspecified atom stereocenters. The Kier molecular flexibility index (Phi) is 5.48. The van der Waals surface area contributed by atoms with Crippen LogP contribution in [0.2, 0.25) is 5.02 Å². The Bertz CT molecular complexity index is 641. The summed E-state index contributed by atoms with van der Waals surface area (Å²) >= 11 is 5.73. The van der Waals surface area contributed by atoms with Gasteiger partial charge in [0.25, 0.3) is 0 Å². The van der Waals surface area contributed by atoms with Crippen molar-refractivity contribution in [2.75, 3.05) is 5.32 Å². The van der Waals surface area contributed by atoms with Crippen LogP contribution < -0.4 is 15.4 Å². The monoisotopic (exact) mass is 327 g/mol. The number of ether oxygens (including phenoxy) is 1. The molecule has 1 heterocycles. The highest BCUT2D eigenvalue weighted by atomic mass is 35.5. The smallest absolute Gasteiger partial charge is 0.387 e. The van der Waals surface area contributed by atoms with Gasteiger partial charge in [0.2, 0.25) is 0 Å². The zero-order valence-electron chi connectivity index (χ0n) is 11.2. The van der Waals surface area contributed by atoms with Gasteiger partial charge in [-0.3, -0.25) is 4.98 Å². The molecule has 2 rings (SSSR count). The lowest BCUT2D eigenvalue weighted by Gasteiger charge is -2.11.